The van der Waals surface area contributed by atoms with Crippen LogP contribution in [0.25, 0.3) is 21.8 Å². The molecule has 60 heavy (non-hydrogen) atoms. The van der Waals surface area contributed by atoms with Crippen LogP contribution in [0.2, 0.25) is 0 Å². The van der Waals surface area contributed by atoms with Gasteiger partial charge in [0, 0.05) is 70.4 Å². The Morgan fingerprint density at radius 2 is 0.867 bits per heavy atom. The maximum absolute atomic E-state index is 12.9. The summed E-state index contributed by atoms with van der Waals surface area (Å²) >= 11 is 0. The minimum Gasteiger partial charge on any atom is -0.744 e. The van der Waals surface area contributed by atoms with E-state index in [1.807, 2.05) is 74.5 Å². The Bertz CT molecular complexity index is 2640. The van der Waals surface area contributed by atoms with E-state index in [1.54, 1.807) is 48.5 Å². The van der Waals surface area contributed by atoms with Crippen molar-refractivity contribution in [2.45, 2.75) is 63.4 Å². The summed E-state index contributed by atoms with van der Waals surface area (Å²) in [5, 5.41) is 8.08. The lowest BCUT2D eigenvalue weighted by Crippen LogP contribution is -2.33. The van der Waals surface area contributed by atoms with E-state index >= 15 is 0 Å². The van der Waals surface area contributed by atoms with Gasteiger partial charge in [0.05, 0.1) is 9.79 Å². The Hall–Kier alpha value is -6.32. The van der Waals surface area contributed by atoms with Crippen LogP contribution in [-0.2, 0) is 33.3 Å². The number of amides is 2. The number of fused-ring (bicyclic) bond motifs is 2. The molecule has 0 radical (unpaired) electrons. The van der Waals surface area contributed by atoms with Crippen LogP contribution in [0.4, 0.5) is 11.4 Å². The summed E-state index contributed by atoms with van der Waals surface area (Å²) in [5.74, 6) is -0.438. The molecule has 0 bridgehead atoms. The second-order valence-corrected chi connectivity index (χ2v) is 16.7. The molecule has 0 unspecified atom stereocenters. The van der Waals surface area contributed by atoms with Crippen molar-refractivity contribution in [3.8, 4) is 0 Å². The van der Waals surface area contributed by atoms with Crippen molar-refractivity contribution < 1.29 is 44.7 Å². The first kappa shape index (κ1) is 44.8. The van der Waals surface area contributed by atoms with Crippen LogP contribution >= 0.6 is 0 Å². The summed E-state index contributed by atoms with van der Waals surface area (Å²) in [7, 11) is -8.54. The Balaban J connectivity index is 0.000000252. The number of carbonyl (C=O) groups excluding carboxylic acids is 2. The third-order valence-corrected chi connectivity index (χ3v) is 10.9. The summed E-state index contributed by atoms with van der Waals surface area (Å²) in [5.41, 5.74) is 6.56. The van der Waals surface area contributed by atoms with Crippen LogP contribution < -0.4 is 19.8 Å². The number of hydrogen-bond acceptors (Lipinski definition) is 8. The second-order valence-electron chi connectivity index (χ2n) is 14.0. The highest BCUT2D eigenvalue weighted by atomic mass is 32.2. The topological polar surface area (TPSA) is 180 Å². The zero-order chi connectivity index (χ0) is 43.5. The molecule has 7 rings (SSSR count). The van der Waals surface area contributed by atoms with E-state index < -0.39 is 20.2 Å². The van der Waals surface area contributed by atoms with Gasteiger partial charge in [-0.3, -0.25) is 9.59 Å². The molecule has 0 spiro atoms. The van der Waals surface area contributed by atoms with Gasteiger partial charge in [-0.1, -0.05) is 49.2 Å². The number of nitrogens with zero attached hydrogens (tertiary/aromatic N) is 2. The van der Waals surface area contributed by atoms with Gasteiger partial charge in [-0.2, -0.15) is 9.13 Å². The molecule has 12 nitrogen and oxygen atoms in total. The summed E-state index contributed by atoms with van der Waals surface area (Å²) < 4.78 is 66.8. The summed E-state index contributed by atoms with van der Waals surface area (Å²) in [4.78, 5) is 25.4. The first-order valence-corrected chi connectivity index (χ1v) is 22.0. The third-order valence-electron chi connectivity index (χ3n) is 9.23. The second kappa shape index (κ2) is 20.1. The highest BCUT2D eigenvalue weighted by molar-refractivity contribution is 7.86. The normalized spacial score (nSPS) is 11.2. The first-order chi connectivity index (χ1) is 28.5. The monoisotopic (exact) mass is 846 g/mol. The highest BCUT2D eigenvalue weighted by Crippen LogP contribution is 2.20. The third kappa shape index (κ3) is 12.3. The predicted octanol–water partition coefficient (Wildman–Crippen LogP) is 7.69. The van der Waals surface area contributed by atoms with Gasteiger partial charge in [0.25, 0.3) is 11.8 Å². The minimum atomic E-state index is -4.27. The lowest BCUT2D eigenvalue weighted by Gasteiger charge is -2.09. The first-order valence-electron chi connectivity index (χ1n) is 19.2. The largest absolute Gasteiger partial charge is 0.744 e. The molecule has 0 fully saturated rings. The minimum absolute atomic E-state index is 0.178. The quantitative estimate of drug-likeness (QED) is 0.104. The fourth-order valence-electron chi connectivity index (χ4n) is 6.18. The molecular formula is C46H46N4O8S2. The maximum Gasteiger partial charge on any atom is 0.255 e. The molecule has 2 aromatic heterocycles. The number of aryl methyl sites for hydroxylation is 4. The van der Waals surface area contributed by atoms with E-state index in [4.69, 9.17) is 0 Å². The molecule has 0 aliphatic rings. The van der Waals surface area contributed by atoms with E-state index in [2.05, 4.69) is 46.0 Å². The molecule has 0 aliphatic carbocycles. The van der Waals surface area contributed by atoms with Crippen molar-refractivity contribution in [2.75, 3.05) is 10.6 Å². The molecule has 310 valence electrons. The van der Waals surface area contributed by atoms with Crippen LogP contribution in [0.1, 0.15) is 58.5 Å². The number of aromatic nitrogens is 2. The molecule has 14 heteroatoms. The van der Waals surface area contributed by atoms with Gasteiger partial charge < -0.3 is 19.7 Å². The van der Waals surface area contributed by atoms with Gasteiger partial charge in [-0.15, -0.1) is 0 Å². The number of carbonyl (C=O) groups is 2. The van der Waals surface area contributed by atoms with Gasteiger partial charge >= 0.3 is 0 Å². The lowest BCUT2D eigenvalue weighted by atomic mass is 10.1. The number of hydrogen-bond donors (Lipinski definition) is 2. The van der Waals surface area contributed by atoms with Gasteiger partial charge in [0.1, 0.15) is 33.3 Å². The SMILES string of the molecule is CCC[n+]1cccc2cc(NC(=O)c3ccc(C(=O)Nc4ccc5c(ccc[n+]5CCC)c4)cc3)ccc21.Cc1ccc(S(=O)(=O)[O-])cc1.Cc1ccc(S(=O)(=O)[O-])cc1. The fraction of sp³-hybridized carbons (Fsp3) is 0.174. The van der Waals surface area contributed by atoms with E-state index in [-0.39, 0.29) is 21.6 Å². The molecule has 2 amide bonds. The van der Waals surface area contributed by atoms with Crippen molar-refractivity contribution >= 4 is 65.2 Å². The van der Waals surface area contributed by atoms with Crippen molar-refractivity contribution in [3.05, 3.63) is 168 Å². The molecular weight excluding hydrogens is 801 g/mol. The molecule has 5 aromatic carbocycles. The van der Waals surface area contributed by atoms with Crippen LogP contribution in [0.15, 0.2) is 156 Å². The standard InChI is InChI=1S/C32H30N4O2.2C7H8O3S/c1-3-17-35-19-5-7-25-21-27(13-15-29(25)35)33-31(37)23-9-11-24(12-10-23)32(38)34-28-14-16-30-26(22-28)8-6-20-36(30)18-4-2;2*1-6-2-4-7(5-3-6)11(8,9)10/h5-16,19-22H,3-4,17-18H2,1-2H3;2*2-5H,1H3,(H,8,9,10). The van der Waals surface area contributed by atoms with E-state index in [1.165, 1.54) is 24.3 Å². The van der Waals surface area contributed by atoms with Crippen molar-refractivity contribution in [2.24, 2.45) is 0 Å². The Morgan fingerprint density at radius 1 is 0.517 bits per heavy atom. The average molecular weight is 847 g/mol. The molecule has 2 N–H and O–H groups in total. The summed E-state index contributed by atoms with van der Waals surface area (Å²) in [6.07, 6.45) is 6.25. The van der Waals surface area contributed by atoms with E-state index in [0.29, 0.717) is 11.1 Å². The van der Waals surface area contributed by atoms with Gasteiger partial charge in [0.15, 0.2) is 12.4 Å². The van der Waals surface area contributed by atoms with Crippen LogP contribution in [0.3, 0.4) is 0 Å². The highest BCUT2D eigenvalue weighted by Gasteiger charge is 2.14. The van der Waals surface area contributed by atoms with Gasteiger partial charge in [-0.25, -0.2) is 16.8 Å². The molecule has 7 aromatic rings. The van der Waals surface area contributed by atoms with Crippen molar-refractivity contribution in [1.29, 1.82) is 0 Å². The van der Waals surface area contributed by atoms with Gasteiger partial charge in [0.2, 0.25) is 11.0 Å². The fourth-order valence-corrected chi connectivity index (χ4v) is 7.12. The lowest BCUT2D eigenvalue weighted by molar-refractivity contribution is -0.671. The summed E-state index contributed by atoms with van der Waals surface area (Å²) in [6, 6.07) is 38.3. The molecule has 0 saturated carbocycles. The summed E-state index contributed by atoms with van der Waals surface area (Å²) in [6.45, 7) is 9.84. The Labute approximate surface area is 350 Å². The molecule has 2 heterocycles. The zero-order valence-corrected chi connectivity index (χ0v) is 35.3. The molecule has 0 saturated heterocycles. The smallest absolute Gasteiger partial charge is 0.255 e. The number of benzene rings is 5. The van der Waals surface area contributed by atoms with Crippen LogP contribution in [0.5, 0.6) is 0 Å². The van der Waals surface area contributed by atoms with E-state index in [9.17, 15) is 35.5 Å². The zero-order valence-electron chi connectivity index (χ0n) is 33.7. The number of pyridine rings is 2. The Morgan fingerprint density at radius 3 is 1.18 bits per heavy atom. The van der Waals surface area contributed by atoms with Crippen molar-refractivity contribution in [1.82, 2.24) is 0 Å². The molecule has 0 aliphatic heterocycles. The number of nitrogens with one attached hydrogen (secondary N) is 2. The number of anilines is 2. The predicted molar refractivity (Wildman–Crippen MR) is 230 cm³/mol. The van der Waals surface area contributed by atoms with Crippen molar-refractivity contribution in [3.63, 3.8) is 0 Å². The Kier molecular flexibility index (Phi) is 15.0. The van der Waals surface area contributed by atoms with Gasteiger partial charge in [-0.05, 0) is 98.8 Å². The maximum atomic E-state index is 12.9. The van der Waals surface area contributed by atoms with E-state index in [0.717, 1.165) is 70.2 Å². The average Bonchev–Trinajstić information content (AvgIpc) is 3.21. The van der Waals surface area contributed by atoms with Crippen LogP contribution in [0, 0.1) is 13.8 Å². The molecule has 0 atom stereocenters. The van der Waals surface area contributed by atoms with Crippen LogP contribution in [-0.4, -0.2) is 37.8 Å². The number of rotatable bonds is 10.